The van der Waals surface area contributed by atoms with Crippen LogP contribution in [-0.4, -0.2) is 62.6 Å². The van der Waals surface area contributed by atoms with Gasteiger partial charge in [0.1, 0.15) is 5.75 Å². The quantitative estimate of drug-likeness (QED) is 0.284. The van der Waals surface area contributed by atoms with Crippen LogP contribution in [-0.2, 0) is 4.79 Å². The molecule has 1 saturated heterocycles. The second-order valence-electron chi connectivity index (χ2n) is 9.57. The van der Waals surface area contributed by atoms with Gasteiger partial charge in [-0.1, -0.05) is 59.6 Å². The van der Waals surface area contributed by atoms with E-state index in [1.807, 2.05) is 49.0 Å². The van der Waals surface area contributed by atoms with Gasteiger partial charge in [0.15, 0.2) is 0 Å². The van der Waals surface area contributed by atoms with Gasteiger partial charge in [0.05, 0.1) is 29.2 Å². The molecule has 1 aliphatic rings. The molecule has 37 heavy (non-hydrogen) atoms. The molecular weight excluding hydrogens is 505 g/mol. The molecule has 1 aliphatic heterocycles. The van der Waals surface area contributed by atoms with E-state index < -0.39 is 0 Å². The van der Waals surface area contributed by atoms with Crippen LogP contribution in [0.4, 0.5) is 5.69 Å². The van der Waals surface area contributed by atoms with E-state index in [4.69, 9.17) is 27.9 Å². The molecule has 3 aromatic carbocycles. The Kier molecular flexibility index (Phi) is 9.36. The van der Waals surface area contributed by atoms with E-state index in [0.717, 1.165) is 47.8 Å². The lowest BCUT2D eigenvalue weighted by Crippen LogP contribution is -2.42. The number of hydrogen-bond donors (Lipinski definition) is 0. The SMILES string of the molecule is CCOc1cccc(-c2ccc(C(CN3CCCC3)N(C)C(=O)CN(C)c3ccc(Cl)c(Cl)c3)cc2)c1. The van der Waals surface area contributed by atoms with Crippen molar-refractivity contribution in [3.05, 3.63) is 82.3 Å². The summed E-state index contributed by atoms with van der Waals surface area (Å²) in [7, 11) is 3.80. The third-order valence-corrected chi connectivity index (χ3v) is 7.72. The van der Waals surface area contributed by atoms with E-state index in [0.29, 0.717) is 16.7 Å². The Balaban J connectivity index is 1.52. The number of halogens is 2. The van der Waals surface area contributed by atoms with Crippen LogP contribution >= 0.6 is 23.2 Å². The summed E-state index contributed by atoms with van der Waals surface area (Å²) >= 11 is 12.3. The first kappa shape index (κ1) is 27.3. The molecule has 1 amide bonds. The summed E-state index contributed by atoms with van der Waals surface area (Å²) in [5.74, 6) is 0.915. The molecule has 1 unspecified atom stereocenters. The zero-order valence-corrected chi connectivity index (χ0v) is 23.3. The van der Waals surface area contributed by atoms with Gasteiger partial charge in [-0.2, -0.15) is 0 Å². The number of rotatable bonds is 10. The topological polar surface area (TPSA) is 36.0 Å². The largest absolute Gasteiger partial charge is 0.494 e. The van der Waals surface area contributed by atoms with Crippen molar-refractivity contribution in [2.24, 2.45) is 0 Å². The van der Waals surface area contributed by atoms with Crippen molar-refractivity contribution in [3.63, 3.8) is 0 Å². The standard InChI is InChI=1S/C30H35Cl2N3O2/c1-4-37-26-9-7-8-24(18-26)22-10-12-23(13-11-22)29(20-35-16-5-6-17-35)34(3)30(36)21-33(2)25-14-15-27(31)28(32)19-25/h7-15,18-19,29H,4-6,16-17,20-21H2,1-3H3. The van der Waals surface area contributed by atoms with Crippen LogP contribution in [0.5, 0.6) is 5.75 Å². The van der Waals surface area contributed by atoms with Crippen LogP contribution in [0.2, 0.25) is 10.0 Å². The predicted molar refractivity (Wildman–Crippen MR) is 154 cm³/mol. The van der Waals surface area contributed by atoms with Gasteiger partial charge in [-0.15, -0.1) is 0 Å². The van der Waals surface area contributed by atoms with Crippen molar-refractivity contribution in [2.45, 2.75) is 25.8 Å². The number of nitrogens with zero attached hydrogens (tertiary/aromatic N) is 3. The Morgan fingerprint density at radius 3 is 2.35 bits per heavy atom. The Bertz CT molecular complexity index is 1200. The Labute approximate surface area is 230 Å². The molecular formula is C30H35Cl2N3O2. The molecule has 0 radical (unpaired) electrons. The van der Waals surface area contributed by atoms with Crippen LogP contribution in [0.15, 0.2) is 66.7 Å². The lowest BCUT2D eigenvalue weighted by molar-refractivity contribution is -0.131. The third kappa shape index (κ3) is 6.98. The van der Waals surface area contributed by atoms with Gasteiger partial charge in [0.25, 0.3) is 0 Å². The van der Waals surface area contributed by atoms with E-state index in [2.05, 4.69) is 41.3 Å². The minimum absolute atomic E-state index is 0.0448. The fraction of sp³-hybridized carbons (Fsp3) is 0.367. The summed E-state index contributed by atoms with van der Waals surface area (Å²) < 4.78 is 5.67. The summed E-state index contributed by atoms with van der Waals surface area (Å²) in [5.41, 5.74) is 4.22. The van der Waals surface area contributed by atoms with E-state index in [-0.39, 0.29) is 18.5 Å². The van der Waals surface area contributed by atoms with Gasteiger partial charge in [0, 0.05) is 26.3 Å². The second kappa shape index (κ2) is 12.7. The smallest absolute Gasteiger partial charge is 0.242 e. The number of amides is 1. The highest BCUT2D eigenvalue weighted by Crippen LogP contribution is 2.30. The van der Waals surface area contributed by atoms with Gasteiger partial charge in [-0.3, -0.25) is 4.79 Å². The summed E-state index contributed by atoms with van der Waals surface area (Å²) in [6, 6.07) is 22.1. The van der Waals surface area contributed by atoms with Gasteiger partial charge < -0.3 is 19.4 Å². The number of benzene rings is 3. The highest BCUT2D eigenvalue weighted by molar-refractivity contribution is 6.42. The average molecular weight is 541 g/mol. The highest BCUT2D eigenvalue weighted by Gasteiger charge is 2.26. The lowest BCUT2D eigenvalue weighted by Gasteiger charge is -2.33. The monoisotopic (exact) mass is 539 g/mol. The zero-order chi connectivity index (χ0) is 26.4. The molecule has 5 nitrogen and oxygen atoms in total. The Morgan fingerprint density at radius 1 is 0.946 bits per heavy atom. The molecule has 0 bridgehead atoms. The first-order valence-corrected chi connectivity index (χ1v) is 13.6. The summed E-state index contributed by atoms with van der Waals surface area (Å²) in [6.45, 7) is 5.84. The second-order valence-corrected chi connectivity index (χ2v) is 10.4. The summed E-state index contributed by atoms with van der Waals surface area (Å²) in [6.07, 6.45) is 2.42. The predicted octanol–water partition coefficient (Wildman–Crippen LogP) is 6.79. The molecule has 0 saturated carbocycles. The fourth-order valence-electron chi connectivity index (χ4n) is 4.79. The van der Waals surface area contributed by atoms with E-state index >= 15 is 0 Å². The minimum Gasteiger partial charge on any atom is -0.494 e. The van der Waals surface area contributed by atoms with Crippen molar-refractivity contribution >= 4 is 34.8 Å². The first-order valence-electron chi connectivity index (χ1n) is 12.8. The number of carbonyl (C=O) groups is 1. The number of hydrogen-bond acceptors (Lipinski definition) is 4. The van der Waals surface area contributed by atoms with Gasteiger partial charge in [-0.05, 0) is 79.9 Å². The number of likely N-dealkylation sites (tertiary alicyclic amines) is 1. The zero-order valence-electron chi connectivity index (χ0n) is 21.8. The molecule has 7 heteroatoms. The van der Waals surface area contributed by atoms with Crippen LogP contribution in [0.3, 0.4) is 0 Å². The van der Waals surface area contributed by atoms with Gasteiger partial charge in [-0.25, -0.2) is 0 Å². The molecule has 1 heterocycles. The van der Waals surface area contributed by atoms with Crippen molar-refractivity contribution < 1.29 is 9.53 Å². The van der Waals surface area contributed by atoms with Crippen LogP contribution < -0.4 is 9.64 Å². The summed E-state index contributed by atoms with van der Waals surface area (Å²) in [5, 5.41) is 0.978. The van der Waals surface area contributed by atoms with E-state index in [9.17, 15) is 4.79 Å². The molecule has 1 fully saturated rings. The maximum Gasteiger partial charge on any atom is 0.242 e. The molecule has 0 aliphatic carbocycles. The van der Waals surface area contributed by atoms with Crippen molar-refractivity contribution in [1.82, 2.24) is 9.80 Å². The molecule has 1 atom stereocenters. The van der Waals surface area contributed by atoms with Crippen LogP contribution in [0.25, 0.3) is 11.1 Å². The lowest BCUT2D eigenvalue weighted by atomic mass is 9.99. The number of carbonyl (C=O) groups excluding carboxylic acids is 1. The number of ether oxygens (including phenoxy) is 1. The molecule has 0 aromatic heterocycles. The fourth-order valence-corrected chi connectivity index (χ4v) is 5.09. The van der Waals surface area contributed by atoms with E-state index in [1.54, 1.807) is 12.1 Å². The first-order chi connectivity index (χ1) is 17.9. The molecule has 4 rings (SSSR count). The maximum absolute atomic E-state index is 13.4. The average Bonchev–Trinajstić information content (AvgIpc) is 3.42. The van der Waals surface area contributed by atoms with Crippen molar-refractivity contribution in [3.8, 4) is 16.9 Å². The Hall–Kier alpha value is -2.73. The van der Waals surface area contributed by atoms with Crippen molar-refractivity contribution in [1.29, 1.82) is 0 Å². The number of anilines is 1. The molecule has 3 aromatic rings. The molecule has 0 N–H and O–H groups in total. The summed E-state index contributed by atoms with van der Waals surface area (Å²) in [4.78, 5) is 19.7. The highest BCUT2D eigenvalue weighted by atomic mass is 35.5. The van der Waals surface area contributed by atoms with Crippen molar-refractivity contribution in [2.75, 3.05) is 51.8 Å². The number of likely N-dealkylation sites (N-methyl/N-ethyl adjacent to an activating group) is 2. The van der Waals surface area contributed by atoms with Crippen LogP contribution in [0, 0.1) is 0 Å². The normalized spacial score (nSPS) is 14.4. The molecule has 0 spiro atoms. The third-order valence-electron chi connectivity index (χ3n) is 6.98. The van der Waals surface area contributed by atoms with Crippen LogP contribution in [0.1, 0.15) is 31.4 Å². The van der Waals surface area contributed by atoms with E-state index in [1.165, 1.54) is 12.8 Å². The van der Waals surface area contributed by atoms with Gasteiger partial charge in [0.2, 0.25) is 5.91 Å². The van der Waals surface area contributed by atoms with Gasteiger partial charge >= 0.3 is 0 Å². The minimum atomic E-state index is -0.0448. The molecule has 196 valence electrons. The maximum atomic E-state index is 13.4. The Morgan fingerprint density at radius 2 is 1.68 bits per heavy atom.